The topological polar surface area (TPSA) is 68.5 Å². The van der Waals surface area contributed by atoms with Gasteiger partial charge in [0.1, 0.15) is 5.75 Å². The summed E-state index contributed by atoms with van der Waals surface area (Å²) in [7, 11) is 1.61. The van der Waals surface area contributed by atoms with Gasteiger partial charge in [0.2, 0.25) is 17.6 Å². The van der Waals surface area contributed by atoms with E-state index in [4.69, 9.17) is 9.26 Å². The van der Waals surface area contributed by atoms with Gasteiger partial charge in [-0.15, -0.1) is 0 Å². The fraction of sp³-hybridized carbons (Fsp3) is 0.250. The highest BCUT2D eigenvalue weighted by Crippen LogP contribution is 2.29. The average Bonchev–Trinajstić information content (AvgIpc) is 3.11. The lowest BCUT2D eigenvalue weighted by molar-refractivity contribution is -0.135. The standard InChI is InChI=1S/C20H19N3O3/c1-25-17-10-6-5-9-15(17)11-18(24)23-12-16(13-23)20-21-19(22-26-20)14-7-3-2-4-8-14/h2-10,16H,11-13H2,1H3. The molecule has 0 aliphatic carbocycles. The predicted molar refractivity (Wildman–Crippen MR) is 95.8 cm³/mol. The Morgan fingerprint density at radius 3 is 2.65 bits per heavy atom. The zero-order valence-corrected chi connectivity index (χ0v) is 14.5. The largest absolute Gasteiger partial charge is 0.496 e. The first kappa shape index (κ1) is 16.3. The van der Waals surface area contributed by atoms with E-state index in [1.807, 2.05) is 59.5 Å². The summed E-state index contributed by atoms with van der Waals surface area (Å²) in [6.45, 7) is 1.20. The molecule has 0 unspecified atom stereocenters. The van der Waals surface area contributed by atoms with Gasteiger partial charge in [-0.2, -0.15) is 4.98 Å². The molecule has 0 radical (unpaired) electrons. The smallest absolute Gasteiger partial charge is 0.233 e. The van der Waals surface area contributed by atoms with Crippen molar-refractivity contribution in [1.82, 2.24) is 15.0 Å². The highest BCUT2D eigenvalue weighted by Gasteiger charge is 2.35. The number of methoxy groups -OCH3 is 1. The molecule has 0 atom stereocenters. The van der Waals surface area contributed by atoms with E-state index in [2.05, 4.69) is 10.1 Å². The molecule has 0 spiro atoms. The number of carbonyl (C=O) groups is 1. The molecule has 3 aromatic rings. The van der Waals surface area contributed by atoms with E-state index >= 15 is 0 Å². The summed E-state index contributed by atoms with van der Waals surface area (Å²) in [6.07, 6.45) is 0.329. The molecule has 0 bridgehead atoms. The van der Waals surface area contributed by atoms with Crippen LogP contribution in [0.2, 0.25) is 0 Å². The van der Waals surface area contributed by atoms with Gasteiger partial charge in [-0.3, -0.25) is 4.79 Å². The number of benzene rings is 2. The highest BCUT2D eigenvalue weighted by atomic mass is 16.5. The van der Waals surface area contributed by atoms with Crippen LogP contribution in [0.5, 0.6) is 5.75 Å². The summed E-state index contributed by atoms with van der Waals surface area (Å²) in [5.74, 6) is 2.09. The Bertz CT molecular complexity index is 901. The second-order valence-electron chi connectivity index (χ2n) is 6.31. The van der Waals surface area contributed by atoms with Gasteiger partial charge in [-0.25, -0.2) is 0 Å². The average molecular weight is 349 g/mol. The van der Waals surface area contributed by atoms with Gasteiger partial charge < -0.3 is 14.2 Å². The molecular weight excluding hydrogens is 330 g/mol. The van der Waals surface area contributed by atoms with E-state index in [9.17, 15) is 4.79 Å². The molecule has 2 aromatic carbocycles. The molecule has 6 nitrogen and oxygen atoms in total. The van der Waals surface area contributed by atoms with E-state index in [1.165, 1.54) is 0 Å². The lowest BCUT2D eigenvalue weighted by atomic mass is 9.98. The molecule has 6 heteroatoms. The van der Waals surface area contributed by atoms with Crippen molar-refractivity contribution in [2.45, 2.75) is 12.3 Å². The number of likely N-dealkylation sites (tertiary alicyclic amines) is 1. The van der Waals surface area contributed by atoms with Crippen molar-refractivity contribution in [2.75, 3.05) is 20.2 Å². The fourth-order valence-corrected chi connectivity index (χ4v) is 3.07. The molecule has 0 saturated carbocycles. The number of nitrogens with zero attached hydrogens (tertiary/aromatic N) is 3. The summed E-state index contributed by atoms with van der Waals surface area (Å²) < 4.78 is 10.7. The minimum atomic E-state index is 0.0774. The number of rotatable bonds is 5. The Labute approximate surface area is 151 Å². The SMILES string of the molecule is COc1ccccc1CC(=O)N1CC(c2nc(-c3ccccc3)no2)C1. The summed E-state index contributed by atoms with van der Waals surface area (Å²) in [6, 6.07) is 17.3. The first-order valence-corrected chi connectivity index (χ1v) is 8.53. The molecule has 1 aromatic heterocycles. The molecule has 26 heavy (non-hydrogen) atoms. The molecule has 1 amide bonds. The van der Waals surface area contributed by atoms with Crippen LogP contribution in [0.25, 0.3) is 11.4 Å². The van der Waals surface area contributed by atoms with Gasteiger partial charge in [0.15, 0.2) is 0 Å². The quantitative estimate of drug-likeness (QED) is 0.708. The summed E-state index contributed by atoms with van der Waals surface area (Å²) in [5.41, 5.74) is 1.82. The summed E-state index contributed by atoms with van der Waals surface area (Å²) in [4.78, 5) is 18.8. The van der Waals surface area contributed by atoms with Crippen LogP contribution in [0.3, 0.4) is 0 Å². The molecular formula is C20H19N3O3. The second kappa shape index (κ2) is 7.00. The van der Waals surface area contributed by atoms with Crippen molar-refractivity contribution in [2.24, 2.45) is 0 Å². The predicted octanol–water partition coefficient (Wildman–Crippen LogP) is 2.91. The highest BCUT2D eigenvalue weighted by molar-refractivity contribution is 5.80. The Balaban J connectivity index is 1.37. The fourth-order valence-electron chi connectivity index (χ4n) is 3.07. The maximum Gasteiger partial charge on any atom is 0.233 e. The van der Waals surface area contributed by atoms with E-state index in [-0.39, 0.29) is 11.8 Å². The third-order valence-corrected chi connectivity index (χ3v) is 4.59. The van der Waals surface area contributed by atoms with Crippen LogP contribution in [0.4, 0.5) is 0 Å². The third-order valence-electron chi connectivity index (χ3n) is 4.59. The normalized spacial score (nSPS) is 14.1. The van der Waals surface area contributed by atoms with E-state index < -0.39 is 0 Å². The number of aromatic nitrogens is 2. The molecule has 4 rings (SSSR count). The van der Waals surface area contributed by atoms with Gasteiger partial charge in [0, 0.05) is 24.2 Å². The molecule has 1 fully saturated rings. The Morgan fingerprint density at radius 1 is 1.15 bits per heavy atom. The third kappa shape index (κ3) is 3.18. The molecule has 1 aliphatic heterocycles. The van der Waals surface area contributed by atoms with Gasteiger partial charge >= 0.3 is 0 Å². The van der Waals surface area contributed by atoms with Crippen LogP contribution < -0.4 is 4.74 Å². The van der Waals surface area contributed by atoms with Crippen molar-refractivity contribution < 1.29 is 14.1 Å². The summed E-state index contributed by atoms with van der Waals surface area (Å²) in [5, 5.41) is 4.04. The lowest BCUT2D eigenvalue weighted by Gasteiger charge is -2.37. The van der Waals surface area contributed by atoms with Crippen molar-refractivity contribution >= 4 is 5.91 Å². The van der Waals surface area contributed by atoms with Crippen molar-refractivity contribution in [3.8, 4) is 17.1 Å². The molecule has 2 heterocycles. The maximum absolute atomic E-state index is 12.5. The number of para-hydroxylation sites is 1. The lowest BCUT2D eigenvalue weighted by Crippen LogP contribution is -2.49. The second-order valence-corrected chi connectivity index (χ2v) is 6.31. The van der Waals surface area contributed by atoms with E-state index in [1.54, 1.807) is 7.11 Å². The number of carbonyl (C=O) groups excluding carboxylic acids is 1. The molecule has 1 saturated heterocycles. The van der Waals surface area contributed by atoms with Crippen LogP contribution in [0, 0.1) is 0 Å². The first-order chi connectivity index (χ1) is 12.7. The number of amides is 1. The van der Waals surface area contributed by atoms with Crippen LogP contribution in [-0.4, -0.2) is 41.1 Å². The van der Waals surface area contributed by atoms with Crippen molar-refractivity contribution in [3.63, 3.8) is 0 Å². The zero-order valence-electron chi connectivity index (χ0n) is 14.5. The Kier molecular flexibility index (Phi) is 4.39. The monoisotopic (exact) mass is 349 g/mol. The van der Waals surface area contributed by atoms with Gasteiger partial charge in [-0.05, 0) is 6.07 Å². The van der Waals surface area contributed by atoms with Gasteiger partial charge in [0.05, 0.1) is 19.4 Å². The minimum Gasteiger partial charge on any atom is -0.496 e. The molecule has 132 valence electrons. The van der Waals surface area contributed by atoms with Gasteiger partial charge in [0.25, 0.3) is 0 Å². The molecule has 1 aliphatic rings. The van der Waals surface area contributed by atoms with Crippen molar-refractivity contribution in [3.05, 3.63) is 66.1 Å². The van der Waals surface area contributed by atoms with E-state index in [0.29, 0.717) is 31.2 Å². The van der Waals surface area contributed by atoms with Crippen LogP contribution >= 0.6 is 0 Å². The minimum absolute atomic E-state index is 0.0774. The Morgan fingerprint density at radius 2 is 1.88 bits per heavy atom. The first-order valence-electron chi connectivity index (χ1n) is 8.53. The number of hydrogen-bond donors (Lipinski definition) is 0. The Hall–Kier alpha value is -3.15. The summed E-state index contributed by atoms with van der Waals surface area (Å²) >= 11 is 0. The van der Waals surface area contributed by atoms with Crippen molar-refractivity contribution in [1.29, 1.82) is 0 Å². The number of ether oxygens (including phenoxy) is 1. The molecule has 0 N–H and O–H groups in total. The van der Waals surface area contributed by atoms with Gasteiger partial charge in [-0.1, -0.05) is 53.7 Å². The van der Waals surface area contributed by atoms with Crippen LogP contribution in [0.15, 0.2) is 59.1 Å². The van der Waals surface area contributed by atoms with Crippen LogP contribution in [-0.2, 0) is 11.2 Å². The maximum atomic E-state index is 12.5. The zero-order chi connectivity index (χ0) is 17.9. The number of hydrogen-bond acceptors (Lipinski definition) is 5. The van der Waals surface area contributed by atoms with Crippen LogP contribution in [0.1, 0.15) is 17.4 Å². The van der Waals surface area contributed by atoms with E-state index in [0.717, 1.165) is 16.9 Å².